The summed E-state index contributed by atoms with van der Waals surface area (Å²) in [6.45, 7) is 6.76. The van der Waals surface area contributed by atoms with Crippen molar-refractivity contribution in [2.24, 2.45) is 10.9 Å². The van der Waals surface area contributed by atoms with Crippen molar-refractivity contribution in [1.29, 1.82) is 0 Å². The number of halogens is 1. The Balaban J connectivity index is 1.94. The molecule has 1 atom stereocenters. The molecule has 1 heterocycles. The molecule has 1 aliphatic rings. The van der Waals surface area contributed by atoms with Crippen molar-refractivity contribution in [1.82, 2.24) is 10.2 Å². The molecule has 1 aromatic carbocycles. The molecule has 0 aliphatic carbocycles. The minimum Gasteiger partial charge on any atom is -0.466 e. The molecule has 1 saturated heterocycles. The highest BCUT2D eigenvalue weighted by Gasteiger charge is 2.27. The van der Waals surface area contributed by atoms with Gasteiger partial charge in [-0.3, -0.25) is 9.79 Å². The number of aliphatic hydroxyl groups excluding tert-OH is 1. The number of nitrogens with zero attached hydrogens (tertiary/aromatic N) is 2. The van der Waals surface area contributed by atoms with Crippen LogP contribution in [-0.4, -0.2) is 54.7 Å². The van der Waals surface area contributed by atoms with E-state index in [1.165, 1.54) is 0 Å². The maximum atomic E-state index is 11.9. The number of guanidine groups is 1. The Bertz CT molecular complexity index is 599. The van der Waals surface area contributed by atoms with Gasteiger partial charge < -0.3 is 20.1 Å². The molecule has 0 aromatic heterocycles. The number of likely N-dealkylation sites (tertiary alicyclic amines) is 1. The maximum absolute atomic E-state index is 11.9. The minimum atomic E-state index is -0.682. The molecule has 0 radical (unpaired) electrons. The molecule has 1 unspecified atom stereocenters. The molecule has 26 heavy (non-hydrogen) atoms. The van der Waals surface area contributed by atoms with Crippen molar-refractivity contribution in [3.63, 3.8) is 0 Å². The number of hydrogen-bond donors (Lipinski definition) is 2. The molecule has 6 nitrogen and oxygen atoms in total. The van der Waals surface area contributed by atoms with Crippen LogP contribution in [0.1, 0.15) is 38.4 Å². The van der Waals surface area contributed by atoms with E-state index in [1.807, 2.05) is 13.8 Å². The first-order valence-electron chi connectivity index (χ1n) is 9.18. The van der Waals surface area contributed by atoms with Crippen LogP contribution in [0.5, 0.6) is 0 Å². The van der Waals surface area contributed by atoms with Crippen LogP contribution in [0.3, 0.4) is 0 Å². The van der Waals surface area contributed by atoms with Gasteiger partial charge in [0.05, 0.1) is 25.2 Å². The number of rotatable bonds is 6. The molecule has 144 valence electrons. The summed E-state index contributed by atoms with van der Waals surface area (Å²) in [7, 11) is 0. The third-order valence-electron chi connectivity index (χ3n) is 4.42. The maximum Gasteiger partial charge on any atom is 0.309 e. The highest BCUT2D eigenvalue weighted by Crippen LogP contribution is 2.20. The number of benzene rings is 1. The van der Waals surface area contributed by atoms with E-state index in [4.69, 9.17) is 16.3 Å². The van der Waals surface area contributed by atoms with Gasteiger partial charge in [0.25, 0.3) is 0 Å². The van der Waals surface area contributed by atoms with Crippen LogP contribution in [0, 0.1) is 5.92 Å². The second-order valence-electron chi connectivity index (χ2n) is 6.28. The zero-order valence-electron chi connectivity index (χ0n) is 15.4. The van der Waals surface area contributed by atoms with Gasteiger partial charge in [-0.1, -0.05) is 23.7 Å². The van der Waals surface area contributed by atoms with Crippen LogP contribution >= 0.6 is 11.6 Å². The largest absolute Gasteiger partial charge is 0.466 e. The average molecular weight is 382 g/mol. The number of ether oxygens (including phenoxy) is 1. The summed E-state index contributed by atoms with van der Waals surface area (Å²) in [6, 6.07) is 7.13. The Kier molecular flexibility index (Phi) is 8.19. The van der Waals surface area contributed by atoms with Gasteiger partial charge in [-0.05, 0) is 44.4 Å². The van der Waals surface area contributed by atoms with Crippen LogP contribution in [0.25, 0.3) is 0 Å². The lowest BCUT2D eigenvalue weighted by molar-refractivity contribution is -0.149. The third-order valence-corrected chi connectivity index (χ3v) is 4.67. The standard InChI is InChI=1S/C19H28ClN3O3/c1-3-21-19(22-13-17(24)14-5-7-16(20)8-6-14)23-11-9-15(10-12-23)18(25)26-4-2/h5-8,15,17,24H,3-4,9-13H2,1-2H3,(H,21,22). The number of piperidine rings is 1. The normalized spacial score (nSPS) is 17.1. The van der Waals surface area contributed by atoms with Crippen molar-refractivity contribution in [2.75, 3.05) is 32.8 Å². The first kappa shape index (κ1) is 20.5. The molecule has 0 bridgehead atoms. The van der Waals surface area contributed by atoms with Gasteiger partial charge >= 0.3 is 5.97 Å². The lowest BCUT2D eigenvalue weighted by atomic mass is 9.97. The first-order valence-corrected chi connectivity index (χ1v) is 9.56. The number of hydrogen-bond acceptors (Lipinski definition) is 4. The summed E-state index contributed by atoms with van der Waals surface area (Å²) >= 11 is 5.88. The number of carbonyl (C=O) groups is 1. The highest BCUT2D eigenvalue weighted by atomic mass is 35.5. The number of esters is 1. The van der Waals surface area contributed by atoms with E-state index in [0.717, 1.165) is 44.0 Å². The fraction of sp³-hybridized carbons (Fsp3) is 0.579. The fourth-order valence-electron chi connectivity index (χ4n) is 2.98. The van der Waals surface area contributed by atoms with Gasteiger partial charge in [0.1, 0.15) is 0 Å². The molecule has 1 fully saturated rings. The zero-order chi connectivity index (χ0) is 18.9. The van der Waals surface area contributed by atoms with Crippen molar-refractivity contribution < 1.29 is 14.6 Å². The topological polar surface area (TPSA) is 74.2 Å². The number of carbonyl (C=O) groups excluding carboxylic acids is 1. The Morgan fingerprint density at radius 1 is 1.35 bits per heavy atom. The predicted molar refractivity (Wildman–Crippen MR) is 103 cm³/mol. The number of nitrogens with one attached hydrogen (secondary N) is 1. The zero-order valence-corrected chi connectivity index (χ0v) is 16.2. The van der Waals surface area contributed by atoms with Crippen molar-refractivity contribution >= 4 is 23.5 Å². The molecule has 1 aromatic rings. The van der Waals surface area contributed by atoms with E-state index in [2.05, 4.69) is 15.2 Å². The van der Waals surface area contributed by atoms with Crippen LogP contribution in [0.15, 0.2) is 29.3 Å². The molecule has 2 rings (SSSR count). The Morgan fingerprint density at radius 3 is 2.58 bits per heavy atom. The van der Waals surface area contributed by atoms with Gasteiger partial charge in [-0.15, -0.1) is 0 Å². The van der Waals surface area contributed by atoms with Crippen molar-refractivity contribution in [3.8, 4) is 0 Å². The molecule has 7 heteroatoms. The molecule has 0 amide bonds. The molecular formula is C19H28ClN3O3. The van der Waals surface area contributed by atoms with Gasteiger partial charge in [-0.25, -0.2) is 0 Å². The Morgan fingerprint density at radius 2 is 2.00 bits per heavy atom. The third kappa shape index (κ3) is 5.88. The summed E-state index contributed by atoms with van der Waals surface area (Å²) in [6.07, 6.45) is 0.824. The van der Waals surface area contributed by atoms with Crippen molar-refractivity contribution in [2.45, 2.75) is 32.8 Å². The minimum absolute atomic E-state index is 0.0336. The molecule has 0 spiro atoms. The van der Waals surface area contributed by atoms with E-state index < -0.39 is 6.10 Å². The van der Waals surface area contributed by atoms with Crippen LogP contribution in [0.4, 0.5) is 0 Å². The van der Waals surface area contributed by atoms with E-state index in [1.54, 1.807) is 24.3 Å². The van der Waals surface area contributed by atoms with Crippen LogP contribution < -0.4 is 5.32 Å². The smallest absolute Gasteiger partial charge is 0.309 e. The quantitative estimate of drug-likeness (QED) is 0.450. The Hall–Kier alpha value is -1.79. The van der Waals surface area contributed by atoms with E-state index in [0.29, 0.717) is 11.6 Å². The molecule has 2 N–H and O–H groups in total. The SMILES string of the molecule is CCNC(=NCC(O)c1ccc(Cl)cc1)N1CCC(C(=O)OCC)CC1. The van der Waals surface area contributed by atoms with Gasteiger partial charge in [-0.2, -0.15) is 0 Å². The number of aliphatic hydroxyl groups is 1. The summed E-state index contributed by atoms with van der Waals surface area (Å²) in [5, 5.41) is 14.2. The van der Waals surface area contributed by atoms with Crippen molar-refractivity contribution in [3.05, 3.63) is 34.9 Å². The molecule has 1 aliphatic heterocycles. The Labute approximate surface area is 160 Å². The lowest BCUT2D eigenvalue weighted by Gasteiger charge is -2.33. The van der Waals surface area contributed by atoms with Gasteiger partial charge in [0, 0.05) is 24.7 Å². The first-order chi connectivity index (χ1) is 12.5. The molecule has 0 saturated carbocycles. The average Bonchev–Trinajstić information content (AvgIpc) is 2.66. The summed E-state index contributed by atoms with van der Waals surface area (Å²) in [5.74, 6) is 0.629. The predicted octanol–water partition coefficient (Wildman–Crippen LogP) is 2.61. The second-order valence-corrected chi connectivity index (χ2v) is 6.71. The summed E-state index contributed by atoms with van der Waals surface area (Å²) in [5.41, 5.74) is 0.787. The van der Waals surface area contributed by atoms with E-state index in [9.17, 15) is 9.90 Å². The summed E-state index contributed by atoms with van der Waals surface area (Å²) < 4.78 is 5.12. The molecular weight excluding hydrogens is 354 g/mol. The second kappa shape index (κ2) is 10.4. The van der Waals surface area contributed by atoms with Crippen LogP contribution in [-0.2, 0) is 9.53 Å². The monoisotopic (exact) mass is 381 g/mol. The summed E-state index contributed by atoms with van der Waals surface area (Å²) in [4.78, 5) is 18.6. The van der Waals surface area contributed by atoms with E-state index >= 15 is 0 Å². The highest BCUT2D eigenvalue weighted by molar-refractivity contribution is 6.30. The van der Waals surface area contributed by atoms with E-state index in [-0.39, 0.29) is 18.4 Å². The van der Waals surface area contributed by atoms with Gasteiger partial charge in [0.15, 0.2) is 5.96 Å². The fourth-order valence-corrected chi connectivity index (χ4v) is 3.10. The number of aliphatic imine (C=N–C) groups is 1. The lowest BCUT2D eigenvalue weighted by Crippen LogP contribution is -2.47. The van der Waals surface area contributed by atoms with Crippen LogP contribution in [0.2, 0.25) is 5.02 Å². The van der Waals surface area contributed by atoms with Gasteiger partial charge in [0.2, 0.25) is 0 Å².